The van der Waals surface area contributed by atoms with Gasteiger partial charge in [-0.25, -0.2) is 13.8 Å². The van der Waals surface area contributed by atoms with E-state index >= 15 is 0 Å². The van der Waals surface area contributed by atoms with Crippen LogP contribution < -0.4 is 10.4 Å². The number of halogens is 2. The number of nitrogens with one attached hydrogen (secondary N) is 1. The Labute approximate surface area is 177 Å². The predicted molar refractivity (Wildman–Crippen MR) is 105 cm³/mol. The Balaban J connectivity index is 2.11. The third-order valence-corrected chi connectivity index (χ3v) is 4.15. The van der Waals surface area contributed by atoms with Crippen molar-refractivity contribution in [2.45, 2.75) is 0 Å². The van der Waals surface area contributed by atoms with Crippen LogP contribution in [0.5, 0.6) is 0 Å². The zero-order chi connectivity index (χ0) is 23.4. The van der Waals surface area contributed by atoms with Crippen molar-refractivity contribution >= 4 is 28.9 Å². The highest BCUT2D eigenvalue weighted by atomic mass is 19.1. The number of carbonyl (C=O) groups is 2. The minimum absolute atomic E-state index is 0.130. The lowest BCUT2D eigenvalue weighted by molar-refractivity contribution is -0.385. The van der Waals surface area contributed by atoms with Crippen molar-refractivity contribution in [2.75, 3.05) is 5.01 Å². The number of pyridine rings is 1. The number of hydrazine groups is 1. The average molecular weight is 443 g/mol. The lowest BCUT2D eigenvalue weighted by atomic mass is 10.1. The largest absolute Gasteiger partial charge is 0.287 e. The third-order valence-electron chi connectivity index (χ3n) is 4.15. The van der Waals surface area contributed by atoms with E-state index < -0.39 is 55.8 Å². The van der Waals surface area contributed by atoms with Crippen LogP contribution in [0.1, 0.15) is 20.7 Å². The molecule has 0 saturated carbocycles. The van der Waals surface area contributed by atoms with Gasteiger partial charge in [0.15, 0.2) is 11.1 Å². The summed E-state index contributed by atoms with van der Waals surface area (Å²) in [5.41, 5.74) is -1.93. The molecule has 1 heterocycles. The first kappa shape index (κ1) is 21.9. The first-order valence-corrected chi connectivity index (χ1v) is 8.63. The van der Waals surface area contributed by atoms with E-state index in [-0.39, 0.29) is 5.69 Å². The van der Waals surface area contributed by atoms with E-state index in [1.54, 1.807) is 0 Å². The fourth-order valence-electron chi connectivity index (χ4n) is 2.76. The maximum atomic E-state index is 14.4. The number of nitro groups is 2. The zero-order valence-corrected chi connectivity index (χ0v) is 15.8. The zero-order valence-electron chi connectivity index (χ0n) is 15.8. The van der Waals surface area contributed by atoms with Crippen LogP contribution in [-0.2, 0) is 0 Å². The molecule has 32 heavy (non-hydrogen) atoms. The second-order valence-electron chi connectivity index (χ2n) is 6.07. The molecule has 1 N–H and O–H groups in total. The molecule has 3 rings (SSSR count). The maximum absolute atomic E-state index is 14.4. The highest BCUT2D eigenvalue weighted by Crippen LogP contribution is 2.26. The number of rotatable bonds is 5. The monoisotopic (exact) mass is 443 g/mol. The van der Waals surface area contributed by atoms with Gasteiger partial charge in [0.25, 0.3) is 23.2 Å². The molecule has 2 amide bonds. The van der Waals surface area contributed by atoms with E-state index in [4.69, 9.17) is 0 Å². The van der Waals surface area contributed by atoms with Crippen molar-refractivity contribution in [3.05, 3.63) is 104 Å². The molecule has 0 atom stereocenters. The van der Waals surface area contributed by atoms with Crippen molar-refractivity contribution in [3.8, 4) is 0 Å². The Morgan fingerprint density at radius 1 is 0.844 bits per heavy atom. The molecule has 13 heteroatoms. The van der Waals surface area contributed by atoms with Crippen molar-refractivity contribution in [3.63, 3.8) is 0 Å². The number of nitrogens with zero attached hydrogens (tertiary/aromatic N) is 4. The minimum Gasteiger partial charge on any atom is -0.267 e. The fraction of sp³-hybridized carbons (Fsp3) is 0. The van der Waals surface area contributed by atoms with Gasteiger partial charge >= 0.3 is 0 Å². The van der Waals surface area contributed by atoms with Crippen LogP contribution in [-0.4, -0.2) is 26.6 Å². The first-order valence-electron chi connectivity index (χ1n) is 8.63. The van der Waals surface area contributed by atoms with Gasteiger partial charge in [-0.1, -0.05) is 12.1 Å². The number of anilines is 1. The van der Waals surface area contributed by atoms with Gasteiger partial charge in [-0.15, -0.1) is 0 Å². The Morgan fingerprint density at radius 2 is 1.34 bits per heavy atom. The fourth-order valence-corrected chi connectivity index (χ4v) is 2.76. The Morgan fingerprint density at radius 3 is 1.88 bits per heavy atom. The van der Waals surface area contributed by atoms with Gasteiger partial charge in [-0.2, -0.15) is 0 Å². The molecule has 0 saturated heterocycles. The lowest BCUT2D eigenvalue weighted by Crippen LogP contribution is -2.47. The van der Waals surface area contributed by atoms with E-state index in [2.05, 4.69) is 4.98 Å². The van der Waals surface area contributed by atoms with Crippen LogP contribution >= 0.6 is 0 Å². The molecule has 0 aliphatic rings. The third kappa shape index (κ3) is 4.21. The molecule has 0 spiro atoms. The normalized spacial score (nSPS) is 10.3. The number of aromatic nitrogens is 1. The van der Waals surface area contributed by atoms with Crippen molar-refractivity contribution in [1.29, 1.82) is 0 Å². The van der Waals surface area contributed by atoms with Crippen molar-refractivity contribution < 1.29 is 28.2 Å². The molecule has 3 aromatic rings. The number of nitro benzene ring substituents is 2. The van der Waals surface area contributed by atoms with Crippen molar-refractivity contribution in [2.24, 2.45) is 0 Å². The summed E-state index contributed by atoms with van der Waals surface area (Å²) in [6.07, 6.45) is 2.40. The van der Waals surface area contributed by atoms with Gasteiger partial charge < -0.3 is 0 Å². The smallest absolute Gasteiger partial charge is 0.267 e. The molecule has 1 aromatic heterocycles. The topological polar surface area (TPSA) is 149 Å². The van der Waals surface area contributed by atoms with Gasteiger partial charge in [-0.05, 0) is 24.3 Å². The van der Waals surface area contributed by atoms with E-state index in [0.717, 1.165) is 36.4 Å². The highest BCUT2D eigenvalue weighted by Gasteiger charge is 2.33. The number of benzene rings is 2. The Kier molecular flexibility index (Phi) is 6.09. The van der Waals surface area contributed by atoms with Gasteiger partial charge in [0.1, 0.15) is 11.6 Å². The minimum atomic E-state index is -1.42. The molecule has 0 radical (unpaired) electrons. The SMILES string of the molecule is O=C(NN(C(=O)c1c(F)cccc1[N+](=O)[O-])c1ccncc1)c1c(F)cccc1[N+](=O)[O-]. The summed E-state index contributed by atoms with van der Waals surface area (Å²) >= 11 is 0. The van der Waals surface area contributed by atoms with Crippen LogP contribution in [0, 0.1) is 31.9 Å². The summed E-state index contributed by atoms with van der Waals surface area (Å²) in [5.74, 6) is -5.31. The van der Waals surface area contributed by atoms with Gasteiger partial charge in [0.2, 0.25) is 0 Å². The number of carbonyl (C=O) groups excluding carboxylic acids is 2. The number of hydrogen-bond acceptors (Lipinski definition) is 7. The molecule has 11 nitrogen and oxygen atoms in total. The van der Waals surface area contributed by atoms with E-state index in [0.29, 0.717) is 5.01 Å². The Bertz CT molecular complexity index is 1240. The first-order chi connectivity index (χ1) is 15.2. The van der Waals surface area contributed by atoms with E-state index in [9.17, 15) is 38.6 Å². The van der Waals surface area contributed by atoms with Crippen LogP contribution in [0.4, 0.5) is 25.8 Å². The molecular formula is C19H11F2N5O6. The van der Waals surface area contributed by atoms with Crippen LogP contribution in [0.2, 0.25) is 0 Å². The molecule has 0 bridgehead atoms. The van der Waals surface area contributed by atoms with E-state index in [1.165, 1.54) is 24.5 Å². The van der Waals surface area contributed by atoms with Gasteiger partial charge in [0, 0.05) is 24.5 Å². The van der Waals surface area contributed by atoms with Gasteiger partial charge in [-0.3, -0.25) is 40.2 Å². The second-order valence-corrected chi connectivity index (χ2v) is 6.07. The number of amides is 2. The lowest BCUT2D eigenvalue weighted by Gasteiger charge is -2.23. The maximum Gasteiger partial charge on any atom is 0.287 e. The van der Waals surface area contributed by atoms with Crippen LogP contribution in [0.15, 0.2) is 60.9 Å². The summed E-state index contributed by atoms with van der Waals surface area (Å²) in [6, 6.07) is 7.77. The standard InChI is InChI=1S/C19H11F2N5O6/c20-12-3-1-5-14(25(29)30)16(12)18(27)23-24(11-7-9-22-10-8-11)19(28)17-13(21)4-2-6-15(17)26(31)32/h1-10H,(H,23,27). The van der Waals surface area contributed by atoms with E-state index in [1.807, 2.05) is 5.43 Å². The van der Waals surface area contributed by atoms with Crippen LogP contribution in [0.3, 0.4) is 0 Å². The molecule has 2 aromatic carbocycles. The quantitative estimate of drug-likeness (QED) is 0.470. The summed E-state index contributed by atoms with van der Waals surface area (Å²) < 4.78 is 28.6. The summed E-state index contributed by atoms with van der Waals surface area (Å²) in [6.45, 7) is 0. The molecule has 0 fully saturated rings. The number of hydrogen-bond donors (Lipinski definition) is 1. The molecular weight excluding hydrogens is 432 g/mol. The summed E-state index contributed by atoms with van der Waals surface area (Å²) in [7, 11) is 0. The average Bonchev–Trinajstić information content (AvgIpc) is 2.77. The molecule has 0 unspecified atom stereocenters. The molecule has 0 aliphatic carbocycles. The Hall–Kier alpha value is -4.81. The predicted octanol–water partition coefficient (Wildman–Crippen LogP) is 3.17. The molecule has 162 valence electrons. The van der Waals surface area contributed by atoms with Gasteiger partial charge in [0.05, 0.1) is 15.5 Å². The summed E-state index contributed by atoms with van der Waals surface area (Å²) in [4.78, 5) is 50.0. The summed E-state index contributed by atoms with van der Waals surface area (Å²) in [5, 5.41) is 22.9. The molecule has 0 aliphatic heterocycles. The highest BCUT2D eigenvalue weighted by molar-refractivity contribution is 6.11. The van der Waals surface area contributed by atoms with Crippen molar-refractivity contribution in [1.82, 2.24) is 10.4 Å². The second kappa shape index (κ2) is 8.91. The van der Waals surface area contributed by atoms with Crippen LogP contribution in [0.25, 0.3) is 0 Å².